The van der Waals surface area contributed by atoms with Crippen LogP contribution in [0.3, 0.4) is 0 Å². The second kappa shape index (κ2) is 12.3. The molecule has 2 rings (SSSR count). The molecule has 5 heteroatoms. The summed E-state index contributed by atoms with van der Waals surface area (Å²) in [6.45, 7) is 13.1. The van der Waals surface area contributed by atoms with E-state index in [0.717, 1.165) is 28.0 Å². The topological polar surface area (TPSA) is 58.6 Å². The van der Waals surface area contributed by atoms with Gasteiger partial charge < -0.3 is 15.0 Å². The van der Waals surface area contributed by atoms with Crippen LogP contribution in [0.5, 0.6) is 5.75 Å². The van der Waals surface area contributed by atoms with Gasteiger partial charge >= 0.3 is 0 Å². The number of carbonyl (C=O) groups excluding carboxylic acids is 2. The predicted octanol–water partition coefficient (Wildman–Crippen LogP) is 4.61. The van der Waals surface area contributed by atoms with Crippen LogP contribution in [0, 0.1) is 26.7 Å². The Hall–Kier alpha value is -2.82. The second-order valence-electron chi connectivity index (χ2n) is 8.88. The van der Waals surface area contributed by atoms with Gasteiger partial charge in [0.1, 0.15) is 11.8 Å². The first kappa shape index (κ1) is 25.4. The van der Waals surface area contributed by atoms with E-state index in [1.807, 2.05) is 64.1 Å². The lowest BCUT2D eigenvalue weighted by atomic mass is 10.1. The van der Waals surface area contributed by atoms with Crippen molar-refractivity contribution in [2.45, 2.75) is 60.4 Å². The SMILES string of the molecule is CC[C@H](C(=O)NCC(C)C)N(CCc1ccccc1)C(=O)COc1cc(C)cc(C)c1C. The molecule has 32 heavy (non-hydrogen) atoms. The highest BCUT2D eigenvalue weighted by Gasteiger charge is 2.28. The zero-order chi connectivity index (χ0) is 23.7. The van der Waals surface area contributed by atoms with Crippen molar-refractivity contribution in [3.63, 3.8) is 0 Å². The molecular weight excluding hydrogens is 400 g/mol. The van der Waals surface area contributed by atoms with E-state index in [2.05, 4.69) is 25.2 Å². The lowest BCUT2D eigenvalue weighted by molar-refractivity contribution is -0.142. The van der Waals surface area contributed by atoms with Crippen LogP contribution in [-0.2, 0) is 16.0 Å². The third kappa shape index (κ3) is 7.40. The quantitative estimate of drug-likeness (QED) is 0.557. The van der Waals surface area contributed by atoms with Crippen molar-refractivity contribution in [2.75, 3.05) is 19.7 Å². The fourth-order valence-electron chi connectivity index (χ4n) is 3.69. The largest absolute Gasteiger partial charge is 0.483 e. The lowest BCUT2D eigenvalue weighted by Gasteiger charge is -2.31. The van der Waals surface area contributed by atoms with E-state index in [9.17, 15) is 9.59 Å². The zero-order valence-corrected chi connectivity index (χ0v) is 20.4. The van der Waals surface area contributed by atoms with Crippen LogP contribution in [0.2, 0.25) is 0 Å². The number of aryl methyl sites for hydroxylation is 2. The second-order valence-corrected chi connectivity index (χ2v) is 8.88. The minimum atomic E-state index is -0.520. The van der Waals surface area contributed by atoms with Crippen molar-refractivity contribution >= 4 is 11.8 Å². The van der Waals surface area contributed by atoms with E-state index in [1.54, 1.807) is 4.90 Å². The van der Waals surface area contributed by atoms with Crippen LogP contribution >= 0.6 is 0 Å². The number of nitrogens with one attached hydrogen (secondary N) is 1. The highest BCUT2D eigenvalue weighted by molar-refractivity contribution is 5.88. The average Bonchev–Trinajstić information content (AvgIpc) is 2.76. The maximum Gasteiger partial charge on any atom is 0.261 e. The van der Waals surface area contributed by atoms with Gasteiger partial charge in [-0.1, -0.05) is 57.2 Å². The Morgan fingerprint density at radius 3 is 2.38 bits per heavy atom. The first-order chi connectivity index (χ1) is 15.2. The molecule has 0 saturated heterocycles. The third-order valence-corrected chi connectivity index (χ3v) is 5.67. The molecule has 174 valence electrons. The number of rotatable bonds is 11. The maximum atomic E-state index is 13.3. The van der Waals surface area contributed by atoms with Crippen LogP contribution in [0.1, 0.15) is 49.4 Å². The molecule has 0 heterocycles. The molecule has 0 fully saturated rings. The van der Waals surface area contributed by atoms with Gasteiger partial charge in [0.25, 0.3) is 5.91 Å². The number of amides is 2. The Kier molecular flexibility index (Phi) is 9.76. The van der Waals surface area contributed by atoms with Crippen LogP contribution in [0.25, 0.3) is 0 Å². The molecule has 0 aliphatic rings. The van der Waals surface area contributed by atoms with Crippen molar-refractivity contribution in [1.29, 1.82) is 0 Å². The molecule has 0 bridgehead atoms. The van der Waals surface area contributed by atoms with Crippen molar-refractivity contribution in [2.24, 2.45) is 5.92 Å². The van der Waals surface area contributed by atoms with Gasteiger partial charge in [-0.2, -0.15) is 0 Å². The number of nitrogens with zero attached hydrogens (tertiary/aromatic N) is 1. The van der Waals surface area contributed by atoms with Gasteiger partial charge in [0, 0.05) is 13.1 Å². The summed E-state index contributed by atoms with van der Waals surface area (Å²) in [4.78, 5) is 27.9. The predicted molar refractivity (Wildman–Crippen MR) is 130 cm³/mol. The molecule has 5 nitrogen and oxygen atoms in total. The number of carbonyl (C=O) groups is 2. The molecule has 0 radical (unpaired) electrons. The Balaban J connectivity index is 2.17. The Bertz CT molecular complexity index is 893. The third-order valence-electron chi connectivity index (χ3n) is 5.67. The maximum absolute atomic E-state index is 13.3. The van der Waals surface area contributed by atoms with Gasteiger partial charge in [0.15, 0.2) is 6.61 Å². The van der Waals surface area contributed by atoms with E-state index in [1.165, 1.54) is 0 Å². The molecule has 0 aromatic heterocycles. The summed E-state index contributed by atoms with van der Waals surface area (Å²) in [6.07, 6.45) is 1.23. The molecule has 2 aromatic carbocycles. The highest BCUT2D eigenvalue weighted by atomic mass is 16.5. The molecule has 0 aliphatic heterocycles. The molecule has 0 saturated carbocycles. The van der Waals surface area contributed by atoms with Crippen molar-refractivity contribution in [1.82, 2.24) is 10.2 Å². The normalized spacial score (nSPS) is 11.8. The van der Waals surface area contributed by atoms with Crippen molar-refractivity contribution in [3.05, 3.63) is 64.7 Å². The fourth-order valence-corrected chi connectivity index (χ4v) is 3.69. The minimum Gasteiger partial charge on any atom is -0.483 e. The molecular formula is C27H38N2O3. The van der Waals surface area contributed by atoms with Gasteiger partial charge in [0.2, 0.25) is 5.91 Å². The number of benzene rings is 2. The molecule has 0 unspecified atom stereocenters. The zero-order valence-electron chi connectivity index (χ0n) is 20.4. The van der Waals surface area contributed by atoms with Crippen LogP contribution in [-0.4, -0.2) is 42.5 Å². The van der Waals surface area contributed by atoms with Crippen LogP contribution in [0.4, 0.5) is 0 Å². The van der Waals surface area contributed by atoms with Gasteiger partial charge in [-0.15, -0.1) is 0 Å². The van der Waals surface area contributed by atoms with E-state index >= 15 is 0 Å². The smallest absolute Gasteiger partial charge is 0.261 e. The van der Waals surface area contributed by atoms with Crippen molar-refractivity contribution < 1.29 is 14.3 Å². The van der Waals surface area contributed by atoms with Gasteiger partial charge in [0.05, 0.1) is 0 Å². The first-order valence-corrected chi connectivity index (χ1v) is 11.5. The molecule has 2 aromatic rings. The molecule has 2 amide bonds. The van der Waals surface area contributed by atoms with Gasteiger partial charge in [-0.3, -0.25) is 9.59 Å². The average molecular weight is 439 g/mol. The lowest BCUT2D eigenvalue weighted by Crippen LogP contribution is -2.51. The van der Waals surface area contributed by atoms with Crippen LogP contribution < -0.4 is 10.1 Å². The summed E-state index contributed by atoms with van der Waals surface area (Å²) in [5.74, 6) is 0.785. The van der Waals surface area contributed by atoms with Crippen molar-refractivity contribution in [3.8, 4) is 5.75 Å². The summed E-state index contributed by atoms with van der Waals surface area (Å²) < 4.78 is 5.94. The van der Waals surface area contributed by atoms with Gasteiger partial charge in [-0.25, -0.2) is 0 Å². The summed E-state index contributed by atoms with van der Waals surface area (Å²) in [5.41, 5.74) is 4.39. The standard InChI is InChI=1S/C27H38N2O3/c1-7-24(27(31)28-17-19(2)3)29(14-13-23-11-9-8-10-12-23)26(30)18-32-25-16-20(4)15-21(5)22(25)6/h8-12,15-16,19,24H,7,13-14,17-18H2,1-6H3,(H,28,31)/t24-/m1/s1. The number of hydrogen-bond donors (Lipinski definition) is 1. The Morgan fingerprint density at radius 2 is 1.75 bits per heavy atom. The summed E-state index contributed by atoms with van der Waals surface area (Å²) in [5, 5.41) is 2.99. The highest BCUT2D eigenvalue weighted by Crippen LogP contribution is 2.23. The first-order valence-electron chi connectivity index (χ1n) is 11.5. The summed E-state index contributed by atoms with van der Waals surface area (Å²) in [6, 6.07) is 13.6. The Morgan fingerprint density at radius 1 is 1.06 bits per heavy atom. The van der Waals surface area contributed by atoms with Gasteiger partial charge in [-0.05, 0) is 67.9 Å². The molecule has 1 atom stereocenters. The molecule has 0 spiro atoms. The van der Waals surface area contributed by atoms with E-state index in [-0.39, 0.29) is 18.4 Å². The van der Waals surface area contributed by atoms with Crippen LogP contribution in [0.15, 0.2) is 42.5 Å². The fraction of sp³-hybridized carbons (Fsp3) is 0.481. The van der Waals surface area contributed by atoms with E-state index in [4.69, 9.17) is 4.74 Å². The monoisotopic (exact) mass is 438 g/mol. The molecule has 1 N–H and O–H groups in total. The number of ether oxygens (including phenoxy) is 1. The van der Waals surface area contributed by atoms with E-state index in [0.29, 0.717) is 31.8 Å². The Labute approximate surface area is 193 Å². The summed E-state index contributed by atoms with van der Waals surface area (Å²) >= 11 is 0. The molecule has 0 aliphatic carbocycles. The van der Waals surface area contributed by atoms with E-state index < -0.39 is 6.04 Å². The minimum absolute atomic E-state index is 0.0908. The number of hydrogen-bond acceptors (Lipinski definition) is 3. The summed E-state index contributed by atoms with van der Waals surface area (Å²) in [7, 11) is 0.